The highest BCUT2D eigenvalue weighted by molar-refractivity contribution is 5.61. The molecule has 0 bridgehead atoms. The van der Waals surface area contributed by atoms with Crippen molar-refractivity contribution in [3.63, 3.8) is 0 Å². The summed E-state index contributed by atoms with van der Waals surface area (Å²) in [6, 6.07) is 4.49. The van der Waals surface area contributed by atoms with Crippen LogP contribution >= 0.6 is 0 Å². The Kier molecular flexibility index (Phi) is 2.30. The second-order valence-electron chi connectivity index (χ2n) is 3.98. The predicted molar refractivity (Wildman–Crippen MR) is 59.1 cm³/mol. The summed E-state index contributed by atoms with van der Waals surface area (Å²) in [5, 5.41) is 2.18. The van der Waals surface area contributed by atoms with E-state index in [0.717, 1.165) is 6.67 Å². The topological polar surface area (TPSA) is 19.9 Å². The van der Waals surface area contributed by atoms with Crippen LogP contribution in [0.5, 0.6) is 0 Å². The third-order valence-corrected chi connectivity index (χ3v) is 2.63. The number of aryl methyl sites for hydroxylation is 3. The van der Waals surface area contributed by atoms with Gasteiger partial charge in [0.1, 0.15) is 6.20 Å². The number of hydrogen-bond acceptors (Lipinski definition) is 1. The third kappa shape index (κ3) is 1.53. The maximum Gasteiger partial charge on any atom is 0.159 e. The molecular weight excluding hydrogens is 172 g/mol. The summed E-state index contributed by atoms with van der Waals surface area (Å²) < 4.78 is 0. The Morgan fingerprint density at radius 1 is 1.14 bits per heavy atom. The molecule has 1 aromatic rings. The summed E-state index contributed by atoms with van der Waals surface area (Å²) in [6.07, 6.45) is 4.25. The molecule has 2 rings (SSSR count). The highest BCUT2D eigenvalue weighted by atomic mass is 15.2. The molecule has 2 N–H and O–H groups in total. The van der Waals surface area contributed by atoms with Crippen LogP contribution in [0.2, 0.25) is 0 Å². The fraction of sp³-hybridized carbons (Fsp3) is 0.333. The van der Waals surface area contributed by atoms with E-state index in [9.17, 15) is 0 Å². The molecule has 14 heavy (non-hydrogen) atoms. The molecule has 1 aromatic carbocycles. The number of hydrogen-bond donors (Lipinski definition) is 1. The van der Waals surface area contributed by atoms with Gasteiger partial charge in [-0.2, -0.15) is 0 Å². The van der Waals surface area contributed by atoms with E-state index >= 15 is 0 Å². The zero-order valence-corrected chi connectivity index (χ0v) is 9.04. The van der Waals surface area contributed by atoms with Gasteiger partial charge >= 0.3 is 0 Å². The van der Waals surface area contributed by atoms with E-state index in [4.69, 9.17) is 0 Å². The van der Waals surface area contributed by atoms with Crippen molar-refractivity contribution in [2.45, 2.75) is 20.8 Å². The van der Waals surface area contributed by atoms with Crippen LogP contribution in [0.25, 0.3) is 0 Å². The molecule has 0 fully saturated rings. The Labute approximate surface area is 85.2 Å². The van der Waals surface area contributed by atoms with E-state index in [1.165, 1.54) is 22.4 Å². The van der Waals surface area contributed by atoms with Crippen LogP contribution in [0.15, 0.2) is 24.5 Å². The quantitative estimate of drug-likeness (QED) is 0.708. The Bertz CT molecular complexity index is 357. The SMILES string of the molecule is Cc1cc(C)c(N2C=C[NH2+]C2)c(C)c1. The number of nitrogens with zero attached hydrogens (tertiary/aromatic N) is 1. The van der Waals surface area contributed by atoms with Crippen molar-refractivity contribution in [1.82, 2.24) is 0 Å². The molecule has 0 saturated heterocycles. The lowest BCUT2D eigenvalue weighted by Gasteiger charge is -2.18. The first-order valence-corrected chi connectivity index (χ1v) is 5.03. The maximum atomic E-state index is 2.30. The Morgan fingerprint density at radius 2 is 1.79 bits per heavy atom. The van der Waals surface area contributed by atoms with E-state index < -0.39 is 0 Å². The van der Waals surface area contributed by atoms with Crippen molar-refractivity contribution in [2.24, 2.45) is 0 Å². The lowest BCUT2D eigenvalue weighted by Crippen LogP contribution is -2.78. The van der Waals surface area contributed by atoms with Gasteiger partial charge in [-0.15, -0.1) is 0 Å². The van der Waals surface area contributed by atoms with Crippen LogP contribution in [0.1, 0.15) is 16.7 Å². The second-order valence-corrected chi connectivity index (χ2v) is 3.98. The van der Waals surface area contributed by atoms with E-state index in [1.54, 1.807) is 0 Å². The molecule has 0 aromatic heterocycles. The van der Waals surface area contributed by atoms with Crippen LogP contribution in [0.4, 0.5) is 5.69 Å². The average molecular weight is 189 g/mol. The Balaban J connectivity index is 2.46. The summed E-state index contributed by atoms with van der Waals surface area (Å²) >= 11 is 0. The van der Waals surface area contributed by atoms with Crippen LogP contribution in [0.3, 0.4) is 0 Å². The number of nitrogens with two attached hydrogens (primary N) is 1. The van der Waals surface area contributed by atoms with E-state index in [-0.39, 0.29) is 0 Å². The summed E-state index contributed by atoms with van der Waals surface area (Å²) in [7, 11) is 0. The van der Waals surface area contributed by atoms with Crippen LogP contribution < -0.4 is 10.2 Å². The van der Waals surface area contributed by atoms with Crippen molar-refractivity contribution in [3.8, 4) is 0 Å². The molecule has 74 valence electrons. The molecular formula is C12H17N2+. The van der Waals surface area contributed by atoms with Gasteiger partial charge < -0.3 is 5.32 Å². The first-order valence-electron chi connectivity index (χ1n) is 5.03. The highest BCUT2D eigenvalue weighted by Crippen LogP contribution is 2.26. The van der Waals surface area contributed by atoms with E-state index in [2.05, 4.69) is 55.5 Å². The van der Waals surface area contributed by atoms with Gasteiger partial charge in [-0.1, -0.05) is 17.7 Å². The van der Waals surface area contributed by atoms with Gasteiger partial charge in [-0.25, -0.2) is 0 Å². The van der Waals surface area contributed by atoms with Gasteiger partial charge in [0.25, 0.3) is 0 Å². The van der Waals surface area contributed by atoms with Gasteiger partial charge in [0.15, 0.2) is 6.67 Å². The van der Waals surface area contributed by atoms with Gasteiger partial charge in [0.05, 0.1) is 11.9 Å². The van der Waals surface area contributed by atoms with Crippen LogP contribution in [0, 0.1) is 20.8 Å². The average Bonchev–Trinajstić information content (AvgIpc) is 2.54. The minimum absolute atomic E-state index is 1.00. The molecule has 0 aliphatic carbocycles. The summed E-state index contributed by atoms with van der Waals surface area (Å²) in [5.74, 6) is 0. The smallest absolute Gasteiger partial charge is 0.159 e. The Hall–Kier alpha value is -1.28. The normalized spacial score (nSPS) is 15.2. The predicted octanol–water partition coefficient (Wildman–Crippen LogP) is 1.42. The second kappa shape index (κ2) is 3.46. The Morgan fingerprint density at radius 3 is 2.29 bits per heavy atom. The first kappa shape index (κ1) is 9.28. The standard InChI is InChI=1S/C12H16N2/c1-9-6-10(2)12(11(3)7-9)14-5-4-13-8-14/h4-7,13H,8H2,1-3H3/p+1. The van der Waals surface area contributed by atoms with Crippen molar-refractivity contribution in [3.05, 3.63) is 41.2 Å². The molecule has 0 atom stereocenters. The molecule has 0 spiro atoms. The van der Waals surface area contributed by atoms with E-state index in [0.29, 0.717) is 0 Å². The zero-order chi connectivity index (χ0) is 10.1. The fourth-order valence-corrected chi connectivity index (χ4v) is 2.19. The molecule has 0 amide bonds. The number of quaternary nitrogens is 1. The van der Waals surface area contributed by atoms with Gasteiger partial charge in [-0.05, 0) is 31.9 Å². The highest BCUT2D eigenvalue weighted by Gasteiger charge is 2.14. The maximum absolute atomic E-state index is 2.30. The van der Waals surface area contributed by atoms with E-state index in [1.807, 2.05) is 0 Å². The lowest BCUT2D eigenvalue weighted by molar-refractivity contribution is -0.577. The third-order valence-electron chi connectivity index (χ3n) is 2.63. The molecule has 0 saturated carbocycles. The fourth-order valence-electron chi connectivity index (χ4n) is 2.19. The molecule has 1 aliphatic heterocycles. The summed E-state index contributed by atoms with van der Waals surface area (Å²) in [6.45, 7) is 7.52. The molecule has 0 unspecified atom stereocenters. The number of benzene rings is 1. The van der Waals surface area contributed by atoms with Gasteiger partial charge in [0.2, 0.25) is 0 Å². The van der Waals surface area contributed by atoms with Crippen molar-refractivity contribution in [1.29, 1.82) is 0 Å². The molecule has 1 heterocycles. The lowest BCUT2D eigenvalue weighted by atomic mass is 10.0. The van der Waals surface area contributed by atoms with Crippen molar-refractivity contribution in [2.75, 3.05) is 11.6 Å². The minimum Gasteiger partial charge on any atom is -0.301 e. The van der Waals surface area contributed by atoms with Crippen LogP contribution in [-0.2, 0) is 0 Å². The summed E-state index contributed by atoms with van der Waals surface area (Å²) in [4.78, 5) is 2.30. The van der Waals surface area contributed by atoms with Crippen molar-refractivity contribution < 1.29 is 5.32 Å². The zero-order valence-electron chi connectivity index (χ0n) is 9.04. The molecule has 1 aliphatic rings. The monoisotopic (exact) mass is 189 g/mol. The largest absolute Gasteiger partial charge is 0.301 e. The molecule has 2 heteroatoms. The van der Waals surface area contributed by atoms with Gasteiger partial charge in [0, 0.05) is 0 Å². The number of rotatable bonds is 1. The van der Waals surface area contributed by atoms with Gasteiger partial charge in [-0.3, -0.25) is 4.90 Å². The van der Waals surface area contributed by atoms with Crippen LogP contribution in [-0.4, -0.2) is 6.67 Å². The molecule has 0 radical (unpaired) electrons. The first-order chi connectivity index (χ1) is 6.68. The summed E-state index contributed by atoms with van der Waals surface area (Å²) in [5.41, 5.74) is 5.43. The van der Waals surface area contributed by atoms with Crippen molar-refractivity contribution >= 4 is 5.69 Å². The number of anilines is 1. The minimum atomic E-state index is 1.00. The molecule has 2 nitrogen and oxygen atoms in total.